The molecule has 1 aliphatic rings. The molecule has 4 nitrogen and oxygen atoms in total. The first-order valence-electron chi connectivity index (χ1n) is 8.15. The molecule has 0 saturated heterocycles. The van der Waals surface area contributed by atoms with Gasteiger partial charge >= 0.3 is 0 Å². The molecule has 1 aliphatic carbocycles. The Hall–Kier alpha value is -1.13. The average molecular weight is 326 g/mol. The van der Waals surface area contributed by atoms with Crippen molar-refractivity contribution in [2.24, 2.45) is 11.7 Å². The number of hydrogen-bond donors (Lipinski definition) is 1. The van der Waals surface area contributed by atoms with Crippen LogP contribution in [0.2, 0.25) is 0 Å². The van der Waals surface area contributed by atoms with E-state index >= 15 is 0 Å². The van der Waals surface area contributed by atoms with Crippen molar-refractivity contribution >= 4 is 18.3 Å². The predicted octanol–water partition coefficient (Wildman–Crippen LogP) is 2.80. The zero-order chi connectivity index (χ0) is 15.1. The first-order chi connectivity index (χ1) is 10.2. The zero-order valence-corrected chi connectivity index (χ0v) is 14.2. The number of rotatable bonds is 6. The van der Waals surface area contributed by atoms with E-state index in [1.807, 2.05) is 29.3 Å². The van der Waals surface area contributed by atoms with Crippen molar-refractivity contribution in [3.05, 3.63) is 30.1 Å². The van der Waals surface area contributed by atoms with Crippen molar-refractivity contribution in [1.82, 2.24) is 9.88 Å². The van der Waals surface area contributed by atoms with Gasteiger partial charge in [-0.25, -0.2) is 0 Å². The van der Waals surface area contributed by atoms with E-state index in [9.17, 15) is 4.79 Å². The topological polar surface area (TPSA) is 59.2 Å². The molecule has 22 heavy (non-hydrogen) atoms. The number of nitrogens with zero attached hydrogens (tertiary/aromatic N) is 2. The van der Waals surface area contributed by atoms with Gasteiger partial charge in [0, 0.05) is 43.4 Å². The minimum atomic E-state index is 0. The van der Waals surface area contributed by atoms with E-state index in [0.29, 0.717) is 5.91 Å². The minimum Gasteiger partial charge on any atom is -0.342 e. The molecule has 2 N–H and O–H groups in total. The lowest BCUT2D eigenvalue weighted by atomic mass is 9.85. The number of amides is 1. The highest BCUT2D eigenvalue weighted by atomic mass is 35.5. The van der Waals surface area contributed by atoms with Crippen molar-refractivity contribution in [1.29, 1.82) is 0 Å². The lowest BCUT2D eigenvalue weighted by Crippen LogP contribution is -2.42. The van der Waals surface area contributed by atoms with E-state index in [1.54, 1.807) is 0 Å². The predicted molar refractivity (Wildman–Crippen MR) is 92.0 cm³/mol. The maximum atomic E-state index is 12.7. The standard InChI is InChI=1S/C17H27N3O.ClH/c1-2-11-20(12-9-16-8-3-4-10-19-16)17(21)14-6-5-7-15(18)13-14;/h3-4,8,10,14-15H,2,5-7,9,11-13,18H2,1H3;1H. The molecule has 1 fully saturated rings. The largest absolute Gasteiger partial charge is 0.342 e. The van der Waals surface area contributed by atoms with Gasteiger partial charge in [-0.05, 0) is 37.8 Å². The Balaban J connectivity index is 0.00000242. The number of nitrogens with two attached hydrogens (primary N) is 1. The van der Waals surface area contributed by atoms with Gasteiger partial charge in [0.1, 0.15) is 0 Å². The van der Waals surface area contributed by atoms with Crippen LogP contribution in [0.5, 0.6) is 0 Å². The van der Waals surface area contributed by atoms with Crippen molar-refractivity contribution in [2.45, 2.75) is 51.5 Å². The summed E-state index contributed by atoms with van der Waals surface area (Å²) in [6.45, 7) is 3.71. The molecule has 2 atom stereocenters. The number of carbonyl (C=O) groups excluding carboxylic acids is 1. The number of carbonyl (C=O) groups is 1. The van der Waals surface area contributed by atoms with Crippen LogP contribution in [0, 0.1) is 5.92 Å². The van der Waals surface area contributed by atoms with Gasteiger partial charge in [-0.3, -0.25) is 9.78 Å². The van der Waals surface area contributed by atoms with Gasteiger partial charge in [0.05, 0.1) is 0 Å². The molecule has 0 spiro atoms. The quantitative estimate of drug-likeness (QED) is 0.875. The summed E-state index contributed by atoms with van der Waals surface area (Å²) in [5, 5.41) is 0. The molecule has 1 aromatic rings. The molecule has 1 saturated carbocycles. The Morgan fingerprint density at radius 2 is 2.18 bits per heavy atom. The summed E-state index contributed by atoms with van der Waals surface area (Å²) in [5.41, 5.74) is 7.07. The van der Waals surface area contributed by atoms with Crippen LogP contribution in [0.15, 0.2) is 24.4 Å². The second kappa shape index (κ2) is 9.80. The number of halogens is 1. The second-order valence-electron chi connectivity index (χ2n) is 6.02. The third kappa shape index (κ3) is 5.58. The highest BCUT2D eigenvalue weighted by molar-refractivity contribution is 5.85. The molecule has 0 aromatic carbocycles. The fourth-order valence-electron chi connectivity index (χ4n) is 3.11. The molecule has 2 unspecified atom stereocenters. The van der Waals surface area contributed by atoms with Crippen molar-refractivity contribution < 1.29 is 4.79 Å². The Morgan fingerprint density at radius 1 is 1.36 bits per heavy atom. The second-order valence-corrected chi connectivity index (χ2v) is 6.02. The fraction of sp³-hybridized carbons (Fsp3) is 0.647. The van der Waals surface area contributed by atoms with Gasteiger partial charge in [0.15, 0.2) is 0 Å². The normalized spacial score (nSPS) is 21.0. The molecule has 1 amide bonds. The van der Waals surface area contributed by atoms with Gasteiger partial charge in [-0.2, -0.15) is 0 Å². The Labute approximate surface area is 139 Å². The maximum Gasteiger partial charge on any atom is 0.225 e. The summed E-state index contributed by atoms with van der Waals surface area (Å²) in [7, 11) is 0. The fourth-order valence-corrected chi connectivity index (χ4v) is 3.11. The number of hydrogen-bond acceptors (Lipinski definition) is 3. The van der Waals surface area contributed by atoms with Crippen LogP contribution >= 0.6 is 12.4 Å². The maximum absolute atomic E-state index is 12.7. The zero-order valence-electron chi connectivity index (χ0n) is 13.4. The molecule has 1 heterocycles. The van der Waals surface area contributed by atoms with Gasteiger partial charge in [-0.1, -0.05) is 19.4 Å². The van der Waals surface area contributed by atoms with E-state index in [2.05, 4.69) is 11.9 Å². The van der Waals surface area contributed by atoms with E-state index in [-0.39, 0.29) is 24.4 Å². The van der Waals surface area contributed by atoms with Crippen molar-refractivity contribution in [3.8, 4) is 0 Å². The molecule has 0 radical (unpaired) electrons. The van der Waals surface area contributed by atoms with Crippen molar-refractivity contribution in [3.63, 3.8) is 0 Å². The van der Waals surface area contributed by atoms with Gasteiger partial charge in [0.25, 0.3) is 0 Å². The Kier molecular flexibility index (Phi) is 8.43. The Bertz CT molecular complexity index is 441. The summed E-state index contributed by atoms with van der Waals surface area (Å²) in [4.78, 5) is 19.1. The summed E-state index contributed by atoms with van der Waals surface area (Å²) >= 11 is 0. The molecule has 0 bridgehead atoms. The molecule has 0 aliphatic heterocycles. The lowest BCUT2D eigenvalue weighted by molar-refractivity contribution is -0.136. The first-order valence-corrected chi connectivity index (χ1v) is 8.15. The van der Waals surface area contributed by atoms with Gasteiger partial charge in [-0.15, -0.1) is 12.4 Å². The van der Waals surface area contributed by atoms with Crippen LogP contribution in [0.3, 0.4) is 0 Å². The smallest absolute Gasteiger partial charge is 0.225 e. The van der Waals surface area contributed by atoms with E-state index < -0.39 is 0 Å². The summed E-state index contributed by atoms with van der Waals surface area (Å²) in [5.74, 6) is 0.423. The number of pyridine rings is 1. The van der Waals surface area contributed by atoms with Gasteiger partial charge in [0.2, 0.25) is 5.91 Å². The Morgan fingerprint density at radius 3 is 2.82 bits per heavy atom. The molecular formula is C17H28ClN3O. The molecular weight excluding hydrogens is 298 g/mol. The van der Waals surface area contributed by atoms with Crippen molar-refractivity contribution in [2.75, 3.05) is 13.1 Å². The third-order valence-electron chi connectivity index (χ3n) is 4.23. The highest BCUT2D eigenvalue weighted by Gasteiger charge is 2.28. The van der Waals surface area contributed by atoms with Crippen LogP contribution in [-0.2, 0) is 11.2 Å². The van der Waals surface area contributed by atoms with Crippen LogP contribution in [0.4, 0.5) is 0 Å². The van der Waals surface area contributed by atoms with E-state index in [4.69, 9.17) is 5.73 Å². The summed E-state index contributed by atoms with van der Waals surface area (Å²) in [6.07, 6.45) is 7.61. The van der Waals surface area contributed by atoms with Crippen LogP contribution in [0.1, 0.15) is 44.7 Å². The van der Waals surface area contributed by atoms with E-state index in [1.165, 1.54) is 0 Å². The minimum absolute atomic E-state index is 0. The van der Waals surface area contributed by atoms with E-state index in [0.717, 1.165) is 57.3 Å². The lowest BCUT2D eigenvalue weighted by Gasteiger charge is -2.31. The molecule has 124 valence electrons. The summed E-state index contributed by atoms with van der Waals surface area (Å²) < 4.78 is 0. The van der Waals surface area contributed by atoms with Crippen LogP contribution < -0.4 is 5.73 Å². The summed E-state index contributed by atoms with van der Waals surface area (Å²) in [6, 6.07) is 6.13. The highest BCUT2D eigenvalue weighted by Crippen LogP contribution is 2.25. The number of aromatic nitrogens is 1. The van der Waals surface area contributed by atoms with Crippen LogP contribution in [0.25, 0.3) is 0 Å². The monoisotopic (exact) mass is 325 g/mol. The van der Waals surface area contributed by atoms with Crippen LogP contribution in [-0.4, -0.2) is 34.9 Å². The van der Waals surface area contributed by atoms with Gasteiger partial charge < -0.3 is 10.6 Å². The SMILES string of the molecule is CCCN(CCc1ccccn1)C(=O)C1CCCC(N)C1.Cl. The molecule has 5 heteroatoms. The molecule has 1 aromatic heterocycles. The first kappa shape index (κ1) is 18.9. The average Bonchev–Trinajstić information content (AvgIpc) is 2.52. The third-order valence-corrected chi connectivity index (χ3v) is 4.23. The molecule has 2 rings (SSSR count).